The second kappa shape index (κ2) is 7.25. The standard InChI is InChI=1S/C18H24N2O2/c1-13(2)12-20(4)18(21)10-9-17-19-11-16(22-17)15-7-5-14(3)6-8-15/h5-8,11,13H,9-10,12H2,1-4H3. The fraction of sp³-hybridized carbons (Fsp3) is 0.444. The van der Waals surface area contributed by atoms with Gasteiger partial charge in [-0.1, -0.05) is 43.7 Å². The van der Waals surface area contributed by atoms with Gasteiger partial charge >= 0.3 is 0 Å². The SMILES string of the molecule is Cc1ccc(-c2cnc(CCC(=O)N(C)CC(C)C)o2)cc1. The number of amides is 1. The smallest absolute Gasteiger partial charge is 0.222 e. The van der Waals surface area contributed by atoms with Gasteiger partial charge in [-0.05, 0) is 12.8 Å². The Balaban J connectivity index is 1.92. The predicted molar refractivity (Wildman–Crippen MR) is 87.5 cm³/mol. The zero-order valence-electron chi connectivity index (χ0n) is 13.8. The van der Waals surface area contributed by atoms with Gasteiger partial charge in [-0.2, -0.15) is 0 Å². The van der Waals surface area contributed by atoms with Crippen LogP contribution in [0, 0.1) is 12.8 Å². The van der Waals surface area contributed by atoms with E-state index in [1.807, 2.05) is 31.3 Å². The van der Waals surface area contributed by atoms with Crippen LogP contribution in [0.5, 0.6) is 0 Å². The Labute approximate surface area is 132 Å². The van der Waals surface area contributed by atoms with Gasteiger partial charge in [0.2, 0.25) is 5.91 Å². The molecule has 1 heterocycles. The molecular weight excluding hydrogens is 276 g/mol. The predicted octanol–water partition coefficient (Wildman–Crippen LogP) is 3.70. The maximum Gasteiger partial charge on any atom is 0.222 e. The lowest BCUT2D eigenvalue weighted by Crippen LogP contribution is -2.30. The largest absolute Gasteiger partial charge is 0.441 e. The molecule has 0 aliphatic heterocycles. The van der Waals surface area contributed by atoms with E-state index < -0.39 is 0 Å². The first-order valence-corrected chi connectivity index (χ1v) is 7.71. The summed E-state index contributed by atoms with van der Waals surface area (Å²) in [4.78, 5) is 18.1. The van der Waals surface area contributed by atoms with Crippen molar-refractivity contribution < 1.29 is 9.21 Å². The van der Waals surface area contributed by atoms with Gasteiger partial charge in [0.05, 0.1) is 6.20 Å². The summed E-state index contributed by atoms with van der Waals surface area (Å²) in [5.41, 5.74) is 2.22. The molecule has 1 aromatic carbocycles. The van der Waals surface area contributed by atoms with Crippen molar-refractivity contribution in [2.45, 2.75) is 33.6 Å². The van der Waals surface area contributed by atoms with Gasteiger partial charge in [0.1, 0.15) is 0 Å². The number of aromatic nitrogens is 1. The molecule has 4 nitrogen and oxygen atoms in total. The minimum atomic E-state index is 0.129. The number of carbonyl (C=O) groups excluding carboxylic acids is 1. The van der Waals surface area contributed by atoms with E-state index in [0.29, 0.717) is 24.7 Å². The van der Waals surface area contributed by atoms with Crippen molar-refractivity contribution in [3.05, 3.63) is 41.9 Å². The number of nitrogens with zero attached hydrogens (tertiary/aromatic N) is 2. The molecule has 22 heavy (non-hydrogen) atoms. The van der Waals surface area contributed by atoms with E-state index in [1.54, 1.807) is 11.1 Å². The molecule has 0 radical (unpaired) electrons. The van der Waals surface area contributed by atoms with Gasteiger partial charge < -0.3 is 9.32 Å². The number of oxazole rings is 1. The van der Waals surface area contributed by atoms with Gasteiger partial charge in [-0.3, -0.25) is 4.79 Å². The van der Waals surface area contributed by atoms with Crippen molar-refractivity contribution in [1.29, 1.82) is 0 Å². The highest BCUT2D eigenvalue weighted by Gasteiger charge is 2.13. The second-order valence-corrected chi connectivity index (χ2v) is 6.15. The Kier molecular flexibility index (Phi) is 5.36. The minimum absolute atomic E-state index is 0.129. The van der Waals surface area contributed by atoms with Gasteiger partial charge in [-0.25, -0.2) is 4.98 Å². The molecule has 0 bridgehead atoms. The fourth-order valence-corrected chi connectivity index (χ4v) is 2.33. The summed E-state index contributed by atoms with van der Waals surface area (Å²) < 4.78 is 5.74. The lowest BCUT2D eigenvalue weighted by atomic mass is 10.1. The molecule has 0 aliphatic carbocycles. The molecule has 2 aromatic rings. The quantitative estimate of drug-likeness (QED) is 0.817. The van der Waals surface area contributed by atoms with E-state index in [1.165, 1.54) is 5.56 Å². The van der Waals surface area contributed by atoms with Gasteiger partial charge in [0.25, 0.3) is 0 Å². The van der Waals surface area contributed by atoms with Crippen LogP contribution in [0.2, 0.25) is 0 Å². The highest BCUT2D eigenvalue weighted by molar-refractivity contribution is 5.76. The van der Waals surface area contributed by atoms with Crippen LogP contribution < -0.4 is 0 Å². The summed E-state index contributed by atoms with van der Waals surface area (Å²) in [5.74, 6) is 1.97. The van der Waals surface area contributed by atoms with Crippen LogP contribution in [0.1, 0.15) is 31.7 Å². The van der Waals surface area contributed by atoms with Crippen LogP contribution in [0.25, 0.3) is 11.3 Å². The molecule has 0 spiro atoms. The molecule has 0 fully saturated rings. The van der Waals surface area contributed by atoms with Crippen LogP contribution in [0.15, 0.2) is 34.9 Å². The molecule has 0 atom stereocenters. The summed E-state index contributed by atoms with van der Waals surface area (Å²) in [6, 6.07) is 8.12. The lowest BCUT2D eigenvalue weighted by Gasteiger charge is -2.18. The zero-order chi connectivity index (χ0) is 16.1. The first-order chi connectivity index (χ1) is 10.5. The van der Waals surface area contributed by atoms with Gasteiger partial charge in [0, 0.05) is 32.0 Å². The second-order valence-electron chi connectivity index (χ2n) is 6.15. The van der Waals surface area contributed by atoms with E-state index >= 15 is 0 Å². The molecule has 0 saturated heterocycles. The van der Waals surface area contributed by atoms with Crippen molar-refractivity contribution in [3.63, 3.8) is 0 Å². The highest BCUT2D eigenvalue weighted by Crippen LogP contribution is 2.21. The van der Waals surface area contributed by atoms with E-state index in [9.17, 15) is 4.79 Å². The first-order valence-electron chi connectivity index (χ1n) is 7.71. The molecule has 0 unspecified atom stereocenters. The summed E-state index contributed by atoms with van der Waals surface area (Å²) in [6.45, 7) is 7.03. The normalized spacial score (nSPS) is 11.0. The Morgan fingerprint density at radius 1 is 1.27 bits per heavy atom. The molecular formula is C18H24N2O2. The van der Waals surface area contributed by atoms with Crippen molar-refractivity contribution in [1.82, 2.24) is 9.88 Å². The third-order valence-corrected chi connectivity index (χ3v) is 3.51. The zero-order valence-corrected chi connectivity index (χ0v) is 13.8. The number of hydrogen-bond acceptors (Lipinski definition) is 3. The van der Waals surface area contributed by atoms with Crippen LogP contribution in [0.4, 0.5) is 0 Å². The molecule has 1 amide bonds. The number of hydrogen-bond donors (Lipinski definition) is 0. The average Bonchev–Trinajstić information content (AvgIpc) is 2.93. The lowest BCUT2D eigenvalue weighted by molar-refractivity contribution is -0.130. The Bertz CT molecular complexity index is 614. The number of rotatable bonds is 6. The molecule has 118 valence electrons. The van der Waals surface area contributed by atoms with Crippen molar-refractivity contribution in [2.75, 3.05) is 13.6 Å². The number of aryl methyl sites for hydroxylation is 2. The molecule has 0 saturated carbocycles. The molecule has 0 aliphatic rings. The third-order valence-electron chi connectivity index (χ3n) is 3.51. The van der Waals surface area contributed by atoms with E-state index in [-0.39, 0.29) is 5.91 Å². The Morgan fingerprint density at radius 3 is 2.59 bits per heavy atom. The van der Waals surface area contributed by atoms with Crippen LogP contribution >= 0.6 is 0 Å². The Morgan fingerprint density at radius 2 is 1.95 bits per heavy atom. The van der Waals surface area contributed by atoms with E-state index in [0.717, 1.165) is 17.9 Å². The molecule has 1 aromatic heterocycles. The summed E-state index contributed by atoms with van der Waals surface area (Å²) in [6.07, 6.45) is 2.69. The highest BCUT2D eigenvalue weighted by atomic mass is 16.4. The Hall–Kier alpha value is -2.10. The number of carbonyl (C=O) groups is 1. The maximum absolute atomic E-state index is 12.0. The summed E-state index contributed by atoms with van der Waals surface area (Å²) in [5, 5.41) is 0. The van der Waals surface area contributed by atoms with Crippen molar-refractivity contribution >= 4 is 5.91 Å². The van der Waals surface area contributed by atoms with E-state index in [4.69, 9.17) is 4.42 Å². The van der Waals surface area contributed by atoms with Crippen molar-refractivity contribution in [2.24, 2.45) is 5.92 Å². The molecule has 2 rings (SSSR count). The minimum Gasteiger partial charge on any atom is -0.441 e. The van der Waals surface area contributed by atoms with E-state index in [2.05, 4.69) is 25.8 Å². The third kappa shape index (κ3) is 4.45. The summed E-state index contributed by atoms with van der Waals surface area (Å²) in [7, 11) is 1.84. The first kappa shape index (κ1) is 16.3. The van der Waals surface area contributed by atoms with Crippen LogP contribution in [0.3, 0.4) is 0 Å². The monoisotopic (exact) mass is 300 g/mol. The summed E-state index contributed by atoms with van der Waals surface area (Å²) >= 11 is 0. The molecule has 4 heteroatoms. The van der Waals surface area contributed by atoms with Crippen molar-refractivity contribution in [3.8, 4) is 11.3 Å². The average molecular weight is 300 g/mol. The van der Waals surface area contributed by atoms with Gasteiger partial charge in [0.15, 0.2) is 11.7 Å². The maximum atomic E-state index is 12.0. The molecule has 0 N–H and O–H groups in total. The van der Waals surface area contributed by atoms with Crippen LogP contribution in [-0.2, 0) is 11.2 Å². The number of benzene rings is 1. The topological polar surface area (TPSA) is 46.3 Å². The van der Waals surface area contributed by atoms with Crippen LogP contribution in [-0.4, -0.2) is 29.4 Å². The fourth-order valence-electron chi connectivity index (χ4n) is 2.33. The van der Waals surface area contributed by atoms with Gasteiger partial charge in [-0.15, -0.1) is 0 Å².